The van der Waals surface area contributed by atoms with E-state index in [1.54, 1.807) is 7.05 Å². The first kappa shape index (κ1) is 19.8. The van der Waals surface area contributed by atoms with Crippen molar-refractivity contribution in [1.29, 1.82) is 0 Å². The van der Waals surface area contributed by atoms with Gasteiger partial charge in [0, 0.05) is 25.7 Å². The molecule has 0 unspecified atom stereocenters. The van der Waals surface area contributed by atoms with Gasteiger partial charge in [-0.25, -0.2) is 0 Å². The molecule has 1 heterocycles. The zero-order chi connectivity index (χ0) is 18.1. The van der Waals surface area contributed by atoms with Crippen LogP contribution in [-0.2, 0) is 6.54 Å². The highest BCUT2D eigenvalue weighted by Gasteiger charge is 2.17. The monoisotopic (exact) mass is 349 g/mol. The maximum atomic E-state index is 5.34. The van der Waals surface area contributed by atoms with E-state index in [1.165, 1.54) is 32.1 Å². The Kier molecular flexibility index (Phi) is 8.25. The van der Waals surface area contributed by atoms with Gasteiger partial charge in [-0.05, 0) is 38.8 Å². The number of aromatic nitrogens is 1. The van der Waals surface area contributed by atoms with Crippen LogP contribution < -0.4 is 10.6 Å². The zero-order valence-corrected chi connectivity index (χ0v) is 16.3. The fraction of sp³-hybridized carbons (Fsp3) is 0.789. The van der Waals surface area contributed by atoms with Crippen LogP contribution >= 0.6 is 0 Å². The average molecular weight is 350 g/mol. The van der Waals surface area contributed by atoms with Gasteiger partial charge < -0.3 is 20.1 Å². The quantitative estimate of drug-likeness (QED) is 0.429. The Morgan fingerprint density at radius 2 is 2.08 bits per heavy atom. The van der Waals surface area contributed by atoms with E-state index in [0.29, 0.717) is 12.5 Å². The molecule has 1 saturated carbocycles. The maximum Gasteiger partial charge on any atom is 0.191 e. The number of hydrogen-bond donors (Lipinski definition) is 2. The van der Waals surface area contributed by atoms with Gasteiger partial charge in [0.15, 0.2) is 11.7 Å². The molecule has 0 radical (unpaired) electrons. The fourth-order valence-electron chi connectivity index (χ4n) is 3.32. The van der Waals surface area contributed by atoms with Crippen LogP contribution in [0.4, 0.5) is 0 Å². The summed E-state index contributed by atoms with van der Waals surface area (Å²) < 4.78 is 5.34. The molecule has 0 saturated heterocycles. The summed E-state index contributed by atoms with van der Waals surface area (Å²) in [6.07, 6.45) is 8.05. The lowest BCUT2D eigenvalue weighted by molar-refractivity contribution is 0.190. The van der Waals surface area contributed by atoms with E-state index >= 15 is 0 Å². The predicted octanol–water partition coefficient (Wildman–Crippen LogP) is 3.12. The van der Waals surface area contributed by atoms with E-state index in [1.807, 2.05) is 6.07 Å². The molecule has 0 aromatic carbocycles. The molecule has 1 aromatic rings. The first-order valence-corrected chi connectivity index (χ1v) is 9.70. The summed E-state index contributed by atoms with van der Waals surface area (Å²) in [6.45, 7) is 6.88. The summed E-state index contributed by atoms with van der Waals surface area (Å²) in [6, 6.07) is 2.79. The van der Waals surface area contributed by atoms with Crippen molar-refractivity contribution in [1.82, 2.24) is 20.7 Å². The van der Waals surface area contributed by atoms with Crippen molar-refractivity contribution in [3.05, 3.63) is 17.5 Å². The molecule has 25 heavy (non-hydrogen) atoms. The minimum atomic E-state index is 0.385. The van der Waals surface area contributed by atoms with Crippen molar-refractivity contribution < 1.29 is 4.52 Å². The second kappa shape index (κ2) is 10.4. The van der Waals surface area contributed by atoms with Crippen LogP contribution in [0.25, 0.3) is 0 Å². The highest BCUT2D eigenvalue weighted by molar-refractivity contribution is 5.79. The van der Waals surface area contributed by atoms with Gasteiger partial charge in [0.1, 0.15) is 0 Å². The molecule has 0 amide bonds. The summed E-state index contributed by atoms with van der Waals surface area (Å²) in [4.78, 5) is 6.80. The summed E-state index contributed by atoms with van der Waals surface area (Å²) in [7, 11) is 4.06. The molecule has 142 valence electrons. The Bertz CT molecular complexity index is 520. The normalized spacial score (nSPS) is 16.6. The number of aliphatic imine (C=N–C) groups is 1. The van der Waals surface area contributed by atoms with Crippen LogP contribution in [-0.4, -0.2) is 49.2 Å². The third-order valence-electron chi connectivity index (χ3n) is 5.00. The maximum absolute atomic E-state index is 5.34. The number of hydrogen-bond acceptors (Lipinski definition) is 4. The van der Waals surface area contributed by atoms with E-state index in [4.69, 9.17) is 4.52 Å². The molecule has 1 aliphatic carbocycles. The molecule has 0 aliphatic heterocycles. The summed E-state index contributed by atoms with van der Waals surface area (Å²) in [5.41, 5.74) is 0.991. The summed E-state index contributed by atoms with van der Waals surface area (Å²) in [5.74, 6) is 2.03. The third kappa shape index (κ3) is 6.69. The van der Waals surface area contributed by atoms with E-state index in [2.05, 4.69) is 46.6 Å². The predicted molar refractivity (Wildman–Crippen MR) is 103 cm³/mol. The first-order chi connectivity index (χ1) is 12.1. The van der Waals surface area contributed by atoms with Gasteiger partial charge in [0.25, 0.3) is 0 Å². The highest BCUT2D eigenvalue weighted by Crippen LogP contribution is 2.21. The minimum Gasteiger partial charge on any atom is -0.359 e. The lowest BCUT2D eigenvalue weighted by Crippen LogP contribution is -2.39. The van der Waals surface area contributed by atoms with Crippen LogP contribution in [0, 0.1) is 0 Å². The molecule has 0 bridgehead atoms. The van der Waals surface area contributed by atoms with E-state index < -0.39 is 0 Å². The van der Waals surface area contributed by atoms with Crippen molar-refractivity contribution in [2.75, 3.05) is 27.2 Å². The SMILES string of the molecule is CN=C(NCCCN(C)C1CCCCC1)NCc1cc(C(C)C)no1. The number of nitrogens with one attached hydrogen (secondary N) is 2. The van der Waals surface area contributed by atoms with Crippen molar-refractivity contribution in [3.8, 4) is 0 Å². The van der Waals surface area contributed by atoms with Crippen molar-refractivity contribution in [2.24, 2.45) is 4.99 Å². The smallest absolute Gasteiger partial charge is 0.191 e. The van der Waals surface area contributed by atoms with Crippen LogP contribution in [0.15, 0.2) is 15.6 Å². The van der Waals surface area contributed by atoms with Gasteiger partial charge in [-0.2, -0.15) is 0 Å². The van der Waals surface area contributed by atoms with Crippen LogP contribution in [0.3, 0.4) is 0 Å². The zero-order valence-electron chi connectivity index (χ0n) is 16.3. The van der Waals surface area contributed by atoms with Crippen molar-refractivity contribution in [3.63, 3.8) is 0 Å². The Morgan fingerprint density at radius 3 is 2.72 bits per heavy atom. The fourth-order valence-corrected chi connectivity index (χ4v) is 3.32. The van der Waals surface area contributed by atoms with Gasteiger partial charge in [0.05, 0.1) is 12.2 Å². The van der Waals surface area contributed by atoms with Gasteiger partial charge in [0.2, 0.25) is 0 Å². The molecule has 2 N–H and O–H groups in total. The Morgan fingerprint density at radius 1 is 1.32 bits per heavy atom. The average Bonchev–Trinajstić information content (AvgIpc) is 3.11. The number of nitrogens with zero attached hydrogens (tertiary/aromatic N) is 3. The largest absolute Gasteiger partial charge is 0.359 e. The lowest BCUT2D eigenvalue weighted by Gasteiger charge is -2.31. The number of guanidine groups is 1. The van der Waals surface area contributed by atoms with Crippen molar-refractivity contribution in [2.45, 2.75) is 70.9 Å². The van der Waals surface area contributed by atoms with E-state index in [-0.39, 0.29) is 0 Å². The van der Waals surface area contributed by atoms with Crippen LogP contribution in [0.2, 0.25) is 0 Å². The van der Waals surface area contributed by atoms with Gasteiger partial charge in [-0.3, -0.25) is 4.99 Å². The molecular weight excluding hydrogens is 314 g/mol. The Labute approximate surface area is 152 Å². The van der Waals surface area contributed by atoms with E-state index in [0.717, 1.165) is 43.0 Å². The van der Waals surface area contributed by atoms with Gasteiger partial charge in [-0.1, -0.05) is 38.3 Å². The van der Waals surface area contributed by atoms with Gasteiger partial charge >= 0.3 is 0 Å². The van der Waals surface area contributed by atoms with Crippen LogP contribution in [0.1, 0.15) is 69.7 Å². The highest BCUT2D eigenvalue weighted by atomic mass is 16.5. The minimum absolute atomic E-state index is 0.385. The molecule has 1 fully saturated rings. The molecular formula is C19H35N5O. The van der Waals surface area contributed by atoms with E-state index in [9.17, 15) is 0 Å². The molecule has 6 heteroatoms. The summed E-state index contributed by atoms with van der Waals surface area (Å²) in [5, 5.41) is 10.7. The molecule has 1 aromatic heterocycles. The first-order valence-electron chi connectivity index (χ1n) is 9.70. The standard InChI is InChI=1S/C19H35N5O/c1-15(2)18-13-17(25-23-18)14-22-19(20-3)21-11-8-12-24(4)16-9-6-5-7-10-16/h13,15-16H,5-12,14H2,1-4H3,(H2,20,21,22). The molecule has 2 rings (SSSR count). The second-order valence-electron chi connectivity index (χ2n) is 7.35. The number of rotatable bonds is 8. The second-order valence-corrected chi connectivity index (χ2v) is 7.35. The topological polar surface area (TPSA) is 65.7 Å². The van der Waals surface area contributed by atoms with Gasteiger partial charge in [-0.15, -0.1) is 0 Å². The Balaban J connectivity index is 1.62. The third-order valence-corrected chi connectivity index (χ3v) is 5.00. The summed E-state index contributed by atoms with van der Waals surface area (Å²) >= 11 is 0. The lowest BCUT2D eigenvalue weighted by atomic mass is 9.94. The van der Waals surface area contributed by atoms with Crippen molar-refractivity contribution >= 4 is 5.96 Å². The molecule has 6 nitrogen and oxygen atoms in total. The van der Waals surface area contributed by atoms with Crippen LogP contribution in [0.5, 0.6) is 0 Å². The molecule has 1 aliphatic rings. The molecule has 0 atom stereocenters. The Hall–Kier alpha value is -1.56. The molecule has 0 spiro atoms.